The van der Waals surface area contributed by atoms with Crippen LogP contribution < -0.4 is 0 Å². The smallest absolute Gasteiger partial charge is 0.159 e. The van der Waals surface area contributed by atoms with Crippen LogP contribution >= 0.6 is 0 Å². The molecule has 1 aliphatic rings. The maximum atomic E-state index is 13.2. The van der Waals surface area contributed by atoms with Gasteiger partial charge in [-0.3, -0.25) is 0 Å². The molecular weight excluding hydrogens is 248 g/mol. The normalized spacial score (nSPS) is 28.7. The molecule has 0 amide bonds. The summed E-state index contributed by atoms with van der Waals surface area (Å²) in [4.78, 5) is 0. The van der Waals surface area contributed by atoms with Gasteiger partial charge >= 0.3 is 0 Å². The molecule has 0 saturated heterocycles. The van der Waals surface area contributed by atoms with Gasteiger partial charge in [-0.15, -0.1) is 0 Å². The Bertz CT molecular complexity index is 501. The van der Waals surface area contributed by atoms with Gasteiger partial charge in [0, 0.05) is 0 Å². The molecule has 4 heteroatoms. The molecular formula is C15H17F2NO. The van der Waals surface area contributed by atoms with Crippen molar-refractivity contribution in [3.63, 3.8) is 0 Å². The molecule has 1 saturated carbocycles. The fourth-order valence-corrected chi connectivity index (χ4v) is 2.73. The first-order valence-corrected chi connectivity index (χ1v) is 6.53. The standard InChI is InChI=1S/C15H17F2NO/c1-10-4-6-15(9-18,7-5-10)14(19)11-2-3-12(16)13(17)8-11/h2-3,8,10,14,19H,4-7H2,1H3. The van der Waals surface area contributed by atoms with Crippen molar-refractivity contribution in [3.8, 4) is 6.07 Å². The molecule has 2 rings (SSSR count). The largest absolute Gasteiger partial charge is 0.387 e. The summed E-state index contributed by atoms with van der Waals surface area (Å²) < 4.78 is 26.1. The molecule has 1 aliphatic carbocycles. The maximum Gasteiger partial charge on any atom is 0.159 e. The Kier molecular flexibility index (Phi) is 3.86. The lowest BCUT2D eigenvalue weighted by atomic mass is 9.67. The zero-order valence-corrected chi connectivity index (χ0v) is 10.9. The van der Waals surface area contributed by atoms with E-state index in [2.05, 4.69) is 13.0 Å². The molecule has 1 N–H and O–H groups in total. The van der Waals surface area contributed by atoms with Crippen LogP contribution in [0, 0.1) is 34.3 Å². The van der Waals surface area contributed by atoms with E-state index >= 15 is 0 Å². The van der Waals surface area contributed by atoms with Gasteiger partial charge in [-0.25, -0.2) is 8.78 Å². The molecule has 19 heavy (non-hydrogen) atoms. The van der Waals surface area contributed by atoms with E-state index in [0.717, 1.165) is 25.0 Å². The number of hydrogen-bond acceptors (Lipinski definition) is 2. The van der Waals surface area contributed by atoms with Crippen LogP contribution in [0.5, 0.6) is 0 Å². The van der Waals surface area contributed by atoms with Gasteiger partial charge in [0.15, 0.2) is 11.6 Å². The van der Waals surface area contributed by atoms with E-state index < -0.39 is 23.2 Å². The lowest BCUT2D eigenvalue weighted by Gasteiger charge is -2.37. The van der Waals surface area contributed by atoms with Crippen molar-refractivity contribution in [2.75, 3.05) is 0 Å². The quantitative estimate of drug-likeness (QED) is 0.885. The number of nitriles is 1. The predicted molar refractivity (Wildman–Crippen MR) is 67.0 cm³/mol. The third-order valence-electron chi connectivity index (χ3n) is 4.17. The minimum atomic E-state index is -1.07. The lowest BCUT2D eigenvalue weighted by Crippen LogP contribution is -2.32. The van der Waals surface area contributed by atoms with Gasteiger partial charge < -0.3 is 5.11 Å². The number of halogens is 2. The van der Waals surface area contributed by atoms with Gasteiger partial charge in [-0.05, 0) is 49.3 Å². The van der Waals surface area contributed by atoms with Crippen LogP contribution in [0.2, 0.25) is 0 Å². The average molecular weight is 265 g/mol. The van der Waals surface area contributed by atoms with Crippen LogP contribution in [0.3, 0.4) is 0 Å². The third-order valence-corrected chi connectivity index (χ3v) is 4.17. The van der Waals surface area contributed by atoms with Gasteiger partial charge in [-0.2, -0.15) is 5.26 Å². The fraction of sp³-hybridized carbons (Fsp3) is 0.533. The van der Waals surface area contributed by atoms with Crippen LogP contribution in [-0.4, -0.2) is 5.11 Å². The second-order valence-corrected chi connectivity index (χ2v) is 5.53. The van der Waals surface area contributed by atoms with Crippen LogP contribution in [0.25, 0.3) is 0 Å². The number of aliphatic hydroxyl groups excluding tert-OH is 1. The summed E-state index contributed by atoms with van der Waals surface area (Å²) in [5.74, 6) is -1.40. The minimum Gasteiger partial charge on any atom is -0.387 e. The zero-order chi connectivity index (χ0) is 14.0. The summed E-state index contributed by atoms with van der Waals surface area (Å²) >= 11 is 0. The predicted octanol–water partition coefficient (Wildman–Crippen LogP) is 3.72. The molecule has 2 nitrogen and oxygen atoms in total. The number of benzene rings is 1. The molecule has 0 bridgehead atoms. The second kappa shape index (κ2) is 5.26. The Morgan fingerprint density at radius 2 is 1.95 bits per heavy atom. The Morgan fingerprint density at radius 3 is 2.47 bits per heavy atom. The highest BCUT2D eigenvalue weighted by Gasteiger charge is 2.41. The summed E-state index contributed by atoms with van der Waals surface area (Å²) in [6.45, 7) is 2.12. The zero-order valence-electron chi connectivity index (χ0n) is 10.9. The van der Waals surface area contributed by atoms with Crippen LogP contribution in [0.15, 0.2) is 18.2 Å². The second-order valence-electron chi connectivity index (χ2n) is 5.53. The molecule has 1 aromatic carbocycles. The van der Waals surface area contributed by atoms with E-state index in [1.165, 1.54) is 6.07 Å². The topological polar surface area (TPSA) is 44.0 Å². The highest BCUT2D eigenvalue weighted by molar-refractivity contribution is 5.25. The van der Waals surface area contributed by atoms with Gasteiger partial charge in [-0.1, -0.05) is 13.0 Å². The fourth-order valence-electron chi connectivity index (χ4n) is 2.73. The first-order chi connectivity index (χ1) is 8.98. The molecule has 0 aliphatic heterocycles. The molecule has 1 unspecified atom stereocenters. The summed E-state index contributed by atoms with van der Waals surface area (Å²) in [5.41, 5.74) is -0.605. The monoisotopic (exact) mass is 265 g/mol. The highest BCUT2D eigenvalue weighted by Crippen LogP contribution is 2.47. The number of rotatable bonds is 2. The van der Waals surface area contributed by atoms with Crippen molar-refractivity contribution in [3.05, 3.63) is 35.4 Å². The van der Waals surface area contributed by atoms with Crippen molar-refractivity contribution >= 4 is 0 Å². The van der Waals surface area contributed by atoms with Crippen LogP contribution in [0.1, 0.15) is 44.3 Å². The van der Waals surface area contributed by atoms with E-state index in [-0.39, 0.29) is 5.56 Å². The highest BCUT2D eigenvalue weighted by atomic mass is 19.2. The number of hydrogen-bond donors (Lipinski definition) is 1. The van der Waals surface area contributed by atoms with Crippen molar-refractivity contribution in [2.45, 2.75) is 38.7 Å². The SMILES string of the molecule is CC1CCC(C#N)(C(O)c2ccc(F)c(F)c2)CC1. The summed E-state index contributed by atoms with van der Waals surface area (Å²) in [6.07, 6.45) is 1.85. The van der Waals surface area contributed by atoms with Gasteiger partial charge in [0.2, 0.25) is 0 Å². The van der Waals surface area contributed by atoms with Crippen molar-refractivity contribution in [1.29, 1.82) is 5.26 Å². The van der Waals surface area contributed by atoms with E-state index in [1.807, 2.05) is 0 Å². The Balaban J connectivity index is 2.28. The average Bonchev–Trinajstić information content (AvgIpc) is 2.42. The Labute approximate surface area is 111 Å². The van der Waals surface area contributed by atoms with Crippen LogP contribution in [-0.2, 0) is 0 Å². The van der Waals surface area contributed by atoms with Gasteiger partial charge in [0.25, 0.3) is 0 Å². The van der Waals surface area contributed by atoms with Gasteiger partial charge in [0.05, 0.1) is 17.6 Å². The van der Waals surface area contributed by atoms with Crippen molar-refractivity contribution < 1.29 is 13.9 Å². The van der Waals surface area contributed by atoms with E-state index in [9.17, 15) is 19.1 Å². The third kappa shape index (κ3) is 2.62. The maximum absolute atomic E-state index is 13.2. The lowest BCUT2D eigenvalue weighted by molar-refractivity contribution is 0.0264. The van der Waals surface area contributed by atoms with Crippen LogP contribution in [0.4, 0.5) is 8.78 Å². The molecule has 1 fully saturated rings. The first-order valence-electron chi connectivity index (χ1n) is 6.53. The Morgan fingerprint density at radius 1 is 1.32 bits per heavy atom. The molecule has 1 aromatic rings. The summed E-state index contributed by atoms with van der Waals surface area (Å²) in [5, 5.41) is 19.8. The van der Waals surface area contributed by atoms with Gasteiger partial charge in [0.1, 0.15) is 0 Å². The molecule has 1 atom stereocenters. The Hall–Kier alpha value is -1.47. The van der Waals surface area contributed by atoms with E-state index in [1.54, 1.807) is 0 Å². The molecule has 102 valence electrons. The summed E-state index contributed by atoms with van der Waals surface area (Å²) in [7, 11) is 0. The van der Waals surface area contributed by atoms with Crippen molar-refractivity contribution in [1.82, 2.24) is 0 Å². The molecule has 0 aromatic heterocycles. The minimum absolute atomic E-state index is 0.273. The number of nitrogens with zero attached hydrogens (tertiary/aromatic N) is 1. The van der Waals surface area contributed by atoms with Crippen molar-refractivity contribution in [2.24, 2.45) is 11.3 Å². The van der Waals surface area contributed by atoms with E-state index in [4.69, 9.17) is 0 Å². The first kappa shape index (κ1) is 14.0. The summed E-state index contributed by atoms with van der Waals surface area (Å²) in [6, 6.07) is 5.53. The molecule has 0 heterocycles. The molecule has 0 spiro atoms. The number of aliphatic hydroxyl groups is 1. The van der Waals surface area contributed by atoms with E-state index in [0.29, 0.717) is 18.8 Å². The molecule has 0 radical (unpaired) electrons.